The molecule has 10 heteroatoms. The van der Waals surface area contributed by atoms with Crippen molar-refractivity contribution in [3.05, 3.63) is 70.6 Å². The molecule has 0 N–H and O–H groups in total. The second-order valence-electron chi connectivity index (χ2n) is 7.12. The molecule has 6 nitrogen and oxygen atoms in total. The Bertz CT molecular complexity index is 1310. The number of benzene rings is 2. The molecule has 0 saturated heterocycles. The van der Waals surface area contributed by atoms with Gasteiger partial charge in [0.2, 0.25) is 0 Å². The summed E-state index contributed by atoms with van der Waals surface area (Å²) in [7, 11) is 3.44. The molecule has 0 fully saturated rings. The second-order valence-corrected chi connectivity index (χ2v) is 7.50. The highest BCUT2D eigenvalue weighted by atomic mass is 35.5. The van der Waals surface area contributed by atoms with Crippen molar-refractivity contribution in [2.24, 2.45) is 7.05 Å². The monoisotopic (exact) mass is 447 g/mol. The number of carbonyl (C=O) groups excluding carboxylic acids is 1. The first-order valence-corrected chi connectivity index (χ1v) is 9.58. The van der Waals surface area contributed by atoms with Gasteiger partial charge in [0, 0.05) is 36.9 Å². The lowest BCUT2D eigenvalue weighted by Crippen LogP contribution is -2.26. The quantitative estimate of drug-likeness (QED) is 0.443. The zero-order valence-electron chi connectivity index (χ0n) is 16.8. The Morgan fingerprint density at radius 1 is 1.13 bits per heavy atom. The number of hydrogen-bond acceptors (Lipinski definition) is 3. The molecule has 0 atom stereocenters. The van der Waals surface area contributed by atoms with Crippen LogP contribution in [0.25, 0.3) is 16.6 Å². The topological polar surface area (TPSA) is 56.0 Å². The predicted octanol–water partition coefficient (Wildman–Crippen LogP) is 5.02. The highest BCUT2D eigenvalue weighted by molar-refractivity contribution is 6.32. The maximum atomic E-state index is 13.1. The van der Waals surface area contributed by atoms with Crippen LogP contribution in [0, 0.1) is 6.92 Å². The van der Waals surface area contributed by atoms with Gasteiger partial charge in [-0.3, -0.25) is 9.48 Å². The zero-order valence-corrected chi connectivity index (χ0v) is 17.5. The average molecular weight is 448 g/mol. The Balaban J connectivity index is 1.68. The number of nitrogens with zero attached hydrogens (tertiary/aromatic N) is 5. The molecule has 4 rings (SSSR count). The Morgan fingerprint density at radius 3 is 2.55 bits per heavy atom. The first-order chi connectivity index (χ1) is 14.6. The number of aromatic nitrogens is 4. The predicted molar refractivity (Wildman–Crippen MR) is 112 cm³/mol. The van der Waals surface area contributed by atoms with Crippen molar-refractivity contribution in [2.45, 2.75) is 13.1 Å². The standard InChI is InChI=1S/C21H17ClF3N5O/c1-12-18(22)19(21(23,24)25)27-30(12)16-6-4-5-13(9-16)20(31)29(3)15-8-7-14-11-28(2)26-17(14)10-15/h4-11H,1-3H3. The normalized spacial score (nSPS) is 11.8. The number of hydrogen-bond donors (Lipinski definition) is 0. The van der Waals surface area contributed by atoms with E-state index in [2.05, 4.69) is 10.2 Å². The first-order valence-electron chi connectivity index (χ1n) is 9.20. The van der Waals surface area contributed by atoms with E-state index in [9.17, 15) is 18.0 Å². The van der Waals surface area contributed by atoms with Gasteiger partial charge in [0.05, 0.1) is 21.9 Å². The van der Waals surface area contributed by atoms with Crippen molar-refractivity contribution in [2.75, 3.05) is 11.9 Å². The summed E-state index contributed by atoms with van der Waals surface area (Å²) in [6.45, 7) is 1.44. The molecule has 2 heterocycles. The molecule has 0 bridgehead atoms. The van der Waals surface area contributed by atoms with Crippen LogP contribution < -0.4 is 4.90 Å². The maximum absolute atomic E-state index is 13.1. The van der Waals surface area contributed by atoms with E-state index in [-0.39, 0.29) is 11.6 Å². The van der Waals surface area contributed by atoms with Crippen molar-refractivity contribution in [1.82, 2.24) is 19.6 Å². The third-order valence-electron chi connectivity index (χ3n) is 4.95. The van der Waals surface area contributed by atoms with E-state index < -0.39 is 16.9 Å². The average Bonchev–Trinajstić information content (AvgIpc) is 3.25. The second kappa shape index (κ2) is 7.42. The molecule has 2 aromatic heterocycles. The van der Waals surface area contributed by atoms with Gasteiger partial charge in [0.1, 0.15) is 0 Å². The summed E-state index contributed by atoms with van der Waals surface area (Å²) in [5.41, 5.74) is 0.945. The fraction of sp³-hybridized carbons (Fsp3) is 0.190. The van der Waals surface area contributed by atoms with Gasteiger partial charge >= 0.3 is 6.18 Å². The molecule has 0 aliphatic rings. The first kappa shape index (κ1) is 20.9. The minimum absolute atomic E-state index is 0.132. The van der Waals surface area contributed by atoms with E-state index >= 15 is 0 Å². The SMILES string of the molecule is Cc1c(Cl)c(C(F)(F)F)nn1-c1cccc(C(=O)N(C)c2ccc3cn(C)nc3c2)c1. The van der Waals surface area contributed by atoms with Crippen LogP contribution in [-0.4, -0.2) is 32.5 Å². The van der Waals surface area contributed by atoms with Crippen LogP contribution in [0.2, 0.25) is 5.02 Å². The highest BCUT2D eigenvalue weighted by Crippen LogP contribution is 2.36. The van der Waals surface area contributed by atoms with E-state index in [4.69, 9.17) is 11.6 Å². The van der Waals surface area contributed by atoms with Gasteiger partial charge in [-0.2, -0.15) is 23.4 Å². The Hall–Kier alpha value is -3.33. The number of carbonyl (C=O) groups is 1. The van der Waals surface area contributed by atoms with Crippen molar-refractivity contribution in [3.63, 3.8) is 0 Å². The summed E-state index contributed by atoms with van der Waals surface area (Å²) in [4.78, 5) is 14.5. The summed E-state index contributed by atoms with van der Waals surface area (Å²) in [5.74, 6) is -0.330. The molecule has 2 aromatic carbocycles. The van der Waals surface area contributed by atoms with Gasteiger partial charge < -0.3 is 4.90 Å². The summed E-state index contributed by atoms with van der Waals surface area (Å²) < 4.78 is 42.2. The van der Waals surface area contributed by atoms with E-state index in [0.29, 0.717) is 16.9 Å². The highest BCUT2D eigenvalue weighted by Gasteiger charge is 2.38. The molecule has 0 unspecified atom stereocenters. The third-order valence-corrected chi connectivity index (χ3v) is 5.40. The number of amides is 1. The van der Waals surface area contributed by atoms with Crippen LogP contribution in [0.5, 0.6) is 0 Å². The lowest BCUT2D eigenvalue weighted by atomic mass is 10.1. The smallest absolute Gasteiger partial charge is 0.311 e. The molecular formula is C21H17ClF3N5O. The van der Waals surface area contributed by atoms with Crippen LogP contribution in [0.15, 0.2) is 48.7 Å². The molecular weight excluding hydrogens is 431 g/mol. The molecule has 0 radical (unpaired) electrons. The molecule has 0 aliphatic carbocycles. The van der Waals surface area contributed by atoms with Crippen molar-refractivity contribution in [1.29, 1.82) is 0 Å². The Morgan fingerprint density at radius 2 is 1.87 bits per heavy atom. The van der Waals surface area contributed by atoms with Gasteiger partial charge in [-0.25, -0.2) is 4.68 Å². The minimum atomic E-state index is -4.68. The van der Waals surface area contributed by atoms with Crippen molar-refractivity contribution in [3.8, 4) is 5.69 Å². The van der Waals surface area contributed by atoms with E-state index in [0.717, 1.165) is 15.6 Å². The molecule has 0 aliphatic heterocycles. The van der Waals surface area contributed by atoms with Crippen LogP contribution in [0.4, 0.5) is 18.9 Å². The van der Waals surface area contributed by atoms with Gasteiger partial charge in [-0.15, -0.1) is 0 Å². The lowest BCUT2D eigenvalue weighted by molar-refractivity contribution is -0.141. The molecule has 0 spiro atoms. The van der Waals surface area contributed by atoms with Gasteiger partial charge in [-0.1, -0.05) is 17.7 Å². The van der Waals surface area contributed by atoms with E-state index in [1.54, 1.807) is 42.1 Å². The number of fused-ring (bicyclic) bond motifs is 1. The fourth-order valence-electron chi connectivity index (χ4n) is 3.33. The number of alkyl halides is 3. The number of halogens is 4. The van der Waals surface area contributed by atoms with Crippen molar-refractivity contribution < 1.29 is 18.0 Å². The van der Waals surface area contributed by atoms with Crippen LogP contribution in [-0.2, 0) is 13.2 Å². The number of rotatable bonds is 3. The Labute approximate surface area is 180 Å². The molecule has 31 heavy (non-hydrogen) atoms. The van der Waals surface area contributed by atoms with Gasteiger partial charge in [0.25, 0.3) is 5.91 Å². The third kappa shape index (κ3) is 3.76. The zero-order chi connectivity index (χ0) is 22.5. The molecule has 4 aromatic rings. The summed E-state index contributed by atoms with van der Waals surface area (Å²) in [6.07, 6.45) is -2.80. The fourth-order valence-corrected chi connectivity index (χ4v) is 3.56. The van der Waals surface area contributed by atoms with Crippen LogP contribution in [0.3, 0.4) is 0 Å². The van der Waals surface area contributed by atoms with Crippen LogP contribution in [0.1, 0.15) is 21.7 Å². The summed E-state index contributed by atoms with van der Waals surface area (Å²) in [5, 5.41) is 8.44. The summed E-state index contributed by atoms with van der Waals surface area (Å²) in [6, 6.07) is 11.7. The summed E-state index contributed by atoms with van der Waals surface area (Å²) >= 11 is 5.84. The number of aryl methyl sites for hydroxylation is 1. The molecule has 0 saturated carbocycles. The number of anilines is 1. The van der Waals surface area contributed by atoms with Gasteiger partial charge in [0.15, 0.2) is 5.69 Å². The molecule has 160 valence electrons. The Kier molecular flexibility index (Phi) is 5.01. The lowest BCUT2D eigenvalue weighted by Gasteiger charge is -2.18. The molecule has 1 amide bonds. The van der Waals surface area contributed by atoms with E-state index in [1.165, 1.54) is 17.9 Å². The van der Waals surface area contributed by atoms with E-state index in [1.807, 2.05) is 19.3 Å². The largest absolute Gasteiger partial charge is 0.436 e. The minimum Gasteiger partial charge on any atom is -0.311 e. The van der Waals surface area contributed by atoms with Crippen LogP contribution >= 0.6 is 11.6 Å². The van der Waals surface area contributed by atoms with Crippen molar-refractivity contribution >= 4 is 34.1 Å². The van der Waals surface area contributed by atoms with Gasteiger partial charge in [-0.05, 0) is 43.3 Å². The maximum Gasteiger partial charge on any atom is 0.436 e.